The van der Waals surface area contributed by atoms with Crippen molar-refractivity contribution in [3.8, 4) is 0 Å². The van der Waals surface area contributed by atoms with Crippen molar-refractivity contribution in [2.45, 2.75) is 18.9 Å². The first-order chi connectivity index (χ1) is 11.6. The van der Waals surface area contributed by atoms with Crippen LogP contribution in [0.15, 0.2) is 42.6 Å². The number of rotatable bonds is 4. The number of likely N-dealkylation sites (N-methyl/N-ethyl adjacent to an activating group) is 1. The molecule has 24 heavy (non-hydrogen) atoms. The number of benzene rings is 1. The van der Waals surface area contributed by atoms with Crippen LogP contribution in [0.25, 0.3) is 0 Å². The monoisotopic (exact) mass is 346 g/mol. The van der Waals surface area contributed by atoms with Gasteiger partial charge in [-0.05, 0) is 25.0 Å². The lowest BCUT2D eigenvalue weighted by atomic mass is 10.0. The van der Waals surface area contributed by atoms with Crippen molar-refractivity contribution in [2.24, 2.45) is 0 Å². The van der Waals surface area contributed by atoms with Crippen molar-refractivity contribution in [3.63, 3.8) is 0 Å². The maximum Gasteiger partial charge on any atom is 0.289 e. The van der Waals surface area contributed by atoms with Gasteiger partial charge in [0.05, 0.1) is 9.95 Å². The van der Waals surface area contributed by atoms with E-state index >= 15 is 0 Å². The molecule has 1 aliphatic heterocycles. The van der Waals surface area contributed by atoms with Gasteiger partial charge in [-0.3, -0.25) is 10.1 Å². The van der Waals surface area contributed by atoms with Gasteiger partial charge in [0.1, 0.15) is 12.0 Å². The molecule has 0 amide bonds. The minimum absolute atomic E-state index is 0.0910. The fourth-order valence-electron chi connectivity index (χ4n) is 3.10. The summed E-state index contributed by atoms with van der Waals surface area (Å²) >= 11 is 6.22. The zero-order valence-electron chi connectivity index (χ0n) is 13.4. The van der Waals surface area contributed by atoms with Crippen LogP contribution in [-0.2, 0) is 0 Å². The third kappa shape index (κ3) is 3.43. The number of hydrogen-bond acceptors (Lipinski definition) is 5. The highest BCUT2D eigenvalue weighted by molar-refractivity contribution is 6.33. The SMILES string of the molecule is CN(c1ncc([N+](=O)[O-])cc1Cl)C1CCCN(c2ccccc2)C1. The van der Waals surface area contributed by atoms with Gasteiger partial charge < -0.3 is 9.80 Å². The molecule has 2 heterocycles. The highest BCUT2D eigenvalue weighted by Gasteiger charge is 2.26. The van der Waals surface area contributed by atoms with Crippen LogP contribution in [0.3, 0.4) is 0 Å². The number of hydrogen-bond donors (Lipinski definition) is 0. The Morgan fingerprint density at radius 1 is 1.38 bits per heavy atom. The van der Waals surface area contributed by atoms with E-state index in [-0.39, 0.29) is 11.7 Å². The maximum atomic E-state index is 10.8. The maximum absolute atomic E-state index is 10.8. The van der Waals surface area contributed by atoms with Gasteiger partial charge in [0, 0.05) is 37.9 Å². The van der Waals surface area contributed by atoms with Crippen LogP contribution in [0, 0.1) is 10.1 Å². The lowest BCUT2D eigenvalue weighted by Crippen LogP contribution is -2.47. The van der Waals surface area contributed by atoms with Crippen LogP contribution in [0.4, 0.5) is 17.2 Å². The number of aromatic nitrogens is 1. The summed E-state index contributed by atoms with van der Waals surface area (Å²) in [4.78, 5) is 18.9. The standard InChI is InChI=1S/C17H19ClN4O2/c1-20(17-16(18)10-15(11-19-17)22(23)24)14-8-5-9-21(12-14)13-6-3-2-4-7-13/h2-4,6-7,10-11,14H,5,8-9,12H2,1H3. The van der Waals surface area contributed by atoms with Crippen molar-refractivity contribution >= 4 is 28.8 Å². The molecule has 1 atom stereocenters. The zero-order valence-corrected chi connectivity index (χ0v) is 14.2. The van der Waals surface area contributed by atoms with Gasteiger partial charge in [0.25, 0.3) is 5.69 Å². The molecule has 0 saturated carbocycles. The fourth-order valence-corrected chi connectivity index (χ4v) is 3.39. The molecule has 1 aromatic carbocycles. The molecule has 1 unspecified atom stereocenters. The first-order valence-corrected chi connectivity index (χ1v) is 8.27. The lowest BCUT2D eigenvalue weighted by molar-refractivity contribution is -0.385. The number of anilines is 2. The van der Waals surface area contributed by atoms with E-state index in [1.165, 1.54) is 18.0 Å². The van der Waals surface area contributed by atoms with E-state index in [0.29, 0.717) is 10.8 Å². The molecule has 1 fully saturated rings. The number of para-hydroxylation sites is 1. The quantitative estimate of drug-likeness (QED) is 0.623. The number of nitrogens with zero attached hydrogens (tertiary/aromatic N) is 4. The van der Waals surface area contributed by atoms with Gasteiger partial charge in [0.2, 0.25) is 0 Å². The Bertz CT molecular complexity index is 726. The van der Waals surface area contributed by atoms with Crippen LogP contribution < -0.4 is 9.80 Å². The Labute approximate surface area is 145 Å². The van der Waals surface area contributed by atoms with E-state index in [9.17, 15) is 10.1 Å². The van der Waals surface area contributed by atoms with Crippen molar-refractivity contribution < 1.29 is 4.92 Å². The summed E-state index contributed by atoms with van der Waals surface area (Å²) in [5, 5.41) is 11.1. The highest BCUT2D eigenvalue weighted by Crippen LogP contribution is 2.30. The summed E-state index contributed by atoms with van der Waals surface area (Å²) in [6.07, 6.45) is 3.37. The largest absolute Gasteiger partial charge is 0.369 e. The van der Waals surface area contributed by atoms with Gasteiger partial charge >= 0.3 is 0 Å². The average Bonchev–Trinajstić information content (AvgIpc) is 2.62. The normalized spacial score (nSPS) is 17.6. The summed E-state index contributed by atoms with van der Waals surface area (Å²) in [5.74, 6) is 0.585. The van der Waals surface area contributed by atoms with Crippen molar-refractivity contribution in [2.75, 3.05) is 29.9 Å². The molecule has 6 nitrogen and oxygen atoms in total. The fraction of sp³-hybridized carbons (Fsp3) is 0.353. The lowest BCUT2D eigenvalue weighted by Gasteiger charge is -2.39. The Hall–Kier alpha value is -2.34. The molecule has 1 saturated heterocycles. The van der Waals surface area contributed by atoms with Gasteiger partial charge in [-0.1, -0.05) is 29.8 Å². The molecule has 0 aliphatic carbocycles. The smallest absolute Gasteiger partial charge is 0.289 e. The number of piperidine rings is 1. The average molecular weight is 347 g/mol. The zero-order chi connectivity index (χ0) is 17.1. The Balaban J connectivity index is 1.77. The van der Waals surface area contributed by atoms with Crippen LogP contribution in [0.2, 0.25) is 5.02 Å². The van der Waals surface area contributed by atoms with Crippen LogP contribution in [0.5, 0.6) is 0 Å². The van der Waals surface area contributed by atoms with Crippen molar-refractivity contribution in [1.82, 2.24) is 4.98 Å². The third-order valence-electron chi connectivity index (χ3n) is 4.42. The molecule has 0 spiro atoms. The molecule has 1 aliphatic rings. The first kappa shape index (κ1) is 16.5. The molecule has 0 radical (unpaired) electrons. The summed E-state index contributed by atoms with van der Waals surface area (Å²) in [5.41, 5.74) is 1.12. The molecule has 7 heteroatoms. The number of halogens is 1. The number of pyridine rings is 1. The Kier molecular flexibility index (Phi) is 4.85. The van der Waals surface area contributed by atoms with Gasteiger partial charge in [-0.2, -0.15) is 0 Å². The Morgan fingerprint density at radius 3 is 2.79 bits per heavy atom. The molecular formula is C17H19ClN4O2. The predicted octanol–water partition coefficient (Wildman–Crippen LogP) is 3.75. The van der Waals surface area contributed by atoms with E-state index in [1.807, 2.05) is 30.1 Å². The second-order valence-electron chi connectivity index (χ2n) is 5.94. The van der Waals surface area contributed by atoms with E-state index in [0.717, 1.165) is 25.9 Å². The van der Waals surface area contributed by atoms with Crippen LogP contribution in [0.1, 0.15) is 12.8 Å². The topological polar surface area (TPSA) is 62.5 Å². The minimum atomic E-state index is -0.486. The molecule has 3 rings (SSSR count). The third-order valence-corrected chi connectivity index (χ3v) is 4.70. The Morgan fingerprint density at radius 2 is 2.12 bits per heavy atom. The highest BCUT2D eigenvalue weighted by atomic mass is 35.5. The van der Waals surface area contributed by atoms with E-state index in [2.05, 4.69) is 22.0 Å². The molecular weight excluding hydrogens is 328 g/mol. The van der Waals surface area contributed by atoms with E-state index < -0.39 is 4.92 Å². The second-order valence-corrected chi connectivity index (χ2v) is 6.35. The van der Waals surface area contributed by atoms with E-state index in [4.69, 9.17) is 11.6 Å². The second kappa shape index (κ2) is 7.05. The van der Waals surface area contributed by atoms with Gasteiger partial charge in [-0.25, -0.2) is 4.98 Å². The predicted molar refractivity (Wildman–Crippen MR) is 96.0 cm³/mol. The summed E-state index contributed by atoms with van der Waals surface area (Å²) < 4.78 is 0. The molecule has 2 aromatic rings. The molecule has 0 N–H and O–H groups in total. The van der Waals surface area contributed by atoms with Crippen molar-refractivity contribution in [1.29, 1.82) is 0 Å². The first-order valence-electron chi connectivity index (χ1n) is 7.89. The van der Waals surface area contributed by atoms with Crippen LogP contribution >= 0.6 is 11.6 Å². The van der Waals surface area contributed by atoms with Crippen molar-refractivity contribution in [3.05, 3.63) is 57.7 Å². The molecule has 0 bridgehead atoms. The number of nitro groups is 1. The van der Waals surface area contributed by atoms with Gasteiger partial charge in [-0.15, -0.1) is 0 Å². The minimum Gasteiger partial charge on any atom is -0.369 e. The summed E-state index contributed by atoms with van der Waals surface area (Å²) in [7, 11) is 1.94. The van der Waals surface area contributed by atoms with Gasteiger partial charge in [0.15, 0.2) is 0 Å². The van der Waals surface area contributed by atoms with E-state index in [1.54, 1.807) is 0 Å². The molecule has 126 valence electrons. The summed E-state index contributed by atoms with van der Waals surface area (Å²) in [6.45, 7) is 1.89. The summed E-state index contributed by atoms with van der Waals surface area (Å²) in [6, 6.07) is 11.9. The molecule has 1 aromatic heterocycles. The van der Waals surface area contributed by atoms with Crippen LogP contribution in [-0.4, -0.2) is 36.1 Å².